The summed E-state index contributed by atoms with van der Waals surface area (Å²) in [6, 6.07) is -0.149. The summed E-state index contributed by atoms with van der Waals surface area (Å²) in [6.45, 7) is 3.64. The number of benzene rings is 1. The molecule has 1 saturated heterocycles. The second-order valence-electron chi connectivity index (χ2n) is 6.55. The molecule has 1 atom stereocenters. The lowest BCUT2D eigenvalue weighted by Gasteiger charge is -2.36. The van der Waals surface area contributed by atoms with Crippen molar-refractivity contribution in [2.75, 3.05) is 24.5 Å². The van der Waals surface area contributed by atoms with Crippen molar-refractivity contribution in [3.63, 3.8) is 0 Å². The number of hydrogen-bond acceptors (Lipinski definition) is 4. The monoisotopic (exact) mass is 387 g/mol. The van der Waals surface area contributed by atoms with Gasteiger partial charge in [-0.05, 0) is 13.8 Å². The molecule has 1 aromatic heterocycles. The molecule has 27 heavy (non-hydrogen) atoms. The van der Waals surface area contributed by atoms with Gasteiger partial charge in [0.05, 0.1) is 16.6 Å². The van der Waals surface area contributed by atoms with Gasteiger partial charge in [0.15, 0.2) is 5.82 Å². The number of fused-ring (bicyclic) bond motifs is 1. The first kappa shape index (κ1) is 19.2. The van der Waals surface area contributed by atoms with Crippen LogP contribution in [0.5, 0.6) is 0 Å². The van der Waals surface area contributed by atoms with Gasteiger partial charge < -0.3 is 20.3 Å². The SMILES string of the molecule is Cc1c(F)c(N2CCNC(C)C2)c(C(F)(F)F)c2[nH]cc(C(=O)O)c(=O)c12. The van der Waals surface area contributed by atoms with E-state index in [-0.39, 0.29) is 24.7 Å². The molecule has 1 aliphatic rings. The number of alkyl halides is 3. The summed E-state index contributed by atoms with van der Waals surface area (Å²) in [7, 11) is 0. The van der Waals surface area contributed by atoms with E-state index in [9.17, 15) is 22.8 Å². The van der Waals surface area contributed by atoms with E-state index in [1.54, 1.807) is 6.92 Å². The van der Waals surface area contributed by atoms with Crippen molar-refractivity contribution in [3.05, 3.63) is 38.9 Å². The predicted molar refractivity (Wildman–Crippen MR) is 90.9 cm³/mol. The van der Waals surface area contributed by atoms with E-state index < -0.39 is 51.1 Å². The van der Waals surface area contributed by atoms with E-state index in [0.717, 1.165) is 0 Å². The van der Waals surface area contributed by atoms with Crippen molar-refractivity contribution >= 4 is 22.6 Å². The Hall–Kier alpha value is -2.62. The van der Waals surface area contributed by atoms with Crippen LogP contribution in [0.15, 0.2) is 11.0 Å². The topological polar surface area (TPSA) is 85.4 Å². The molecular formula is C17H17F4N3O3. The summed E-state index contributed by atoms with van der Waals surface area (Å²) in [6.07, 6.45) is -4.24. The molecular weight excluding hydrogens is 370 g/mol. The van der Waals surface area contributed by atoms with Crippen LogP contribution in [0.25, 0.3) is 10.9 Å². The molecule has 1 aromatic carbocycles. The van der Waals surface area contributed by atoms with Crippen molar-refractivity contribution in [3.8, 4) is 0 Å². The van der Waals surface area contributed by atoms with Crippen molar-refractivity contribution in [1.29, 1.82) is 0 Å². The van der Waals surface area contributed by atoms with E-state index >= 15 is 4.39 Å². The number of aromatic amines is 1. The van der Waals surface area contributed by atoms with Crippen LogP contribution in [0.1, 0.15) is 28.4 Å². The number of rotatable bonds is 2. The summed E-state index contributed by atoms with van der Waals surface area (Å²) in [5, 5.41) is 11.5. The van der Waals surface area contributed by atoms with Crippen LogP contribution < -0.4 is 15.6 Å². The van der Waals surface area contributed by atoms with E-state index in [0.29, 0.717) is 12.7 Å². The first-order valence-electron chi connectivity index (χ1n) is 8.20. The van der Waals surface area contributed by atoms with Crippen molar-refractivity contribution in [2.24, 2.45) is 0 Å². The molecule has 146 valence electrons. The first-order valence-corrected chi connectivity index (χ1v) is 8.20. The molecule has 0 bridgehead atoms. The number of carboxylic acid groups (broad SMARTS) is 1. The molecule has 0 aliphatic carbocycles. The number of carboxylic acids is 1. The number of aryl methyl sites for hydroxylation is 1. The molecule has 0 saturated carbocycles. The maximum absolute atomic E-state index is 15.1. The molecule has 2 heterocycles. The van der Waals surface area contributed by atoms with Gasteiger partial charge in [-0.15, -0.1) is 0 Å². The summed E-state index contributed by atoms with van der Waals surface area (Å²) in [5.41, 5.74) is -4.76. The first-order chi connectivity index (χ1) is 12.5. The standard InChI is InChI=1S/C17H17F4N3O3/c1-7-6-24(4-3-22-7)14-11(17(19,20)21)13-10(8(2)12(14)18)15(25)9(5-23-13)16(26)27/h5,7,22H,3-4,6H2,1-2H3,(H,23,25)(H,26,27). The Labute approximate surface area is 150 Å². The van der Waals surface area contributed by atoms with Gasteiger partial charge in [-0.25, -0.2) is 9.18 Å². The van der Waals surface area contributed by atoms with Crippen LogP contribution in [-0.4, -0.2) is 41.7 Å². The average molecular weight is 387 g/mol. The molecule has 0 radical (unpaired) electrons. The minimum absolute atomic E-state index is 0.149. The minimum Gasteiger partial charge on any atom is -0.477 e. The number of H-pyrrole nitrogens is 1. The lowest BCUT2D eigenvalue weighted by atomic mass is 9.98. The zero-order valence-electron chi connectivity index (χ0n) is 14.5. The highest BCUT2D eigenvalue weighted by molar-refractivity contribution is 5.96. The molecule has 6 nitrogen and oxygen atoms in total. The second-order valence-corrected chi connectivity index (χ2v) is 6.55. The highest BCUT2D eigenvalue weighted by atomic mass is 19.4. The molecule has 3 N–H and O–H groups in total. The summed E-state index contributed by atoms with van der Waals surface area (Å²) < 4.78 is 56.7. The molecule has 10 heteroatoms. The van der Waals surface area contributed by atoms with Crippen LogP contribution in [-0.2, 0) is 6.18 Å². The number of halogens is 4. The molecule has 1 unspecified atom stereocenters. The third kappa shape index (κ3) is 3.14. The molecule has 1 fully saturated rings. The van der Waals surface area contributed by atoms with Gasteiger partial charge >= 0.3 is 12.1 Å². The zero-order chi connectivity index (χ0) is 20.1. The normalized spacial score (nSPS) is 18.1. The van der Waals surface area contributed by atoms with Gasteiger partial charge in [0, 0.05) is 37.4 Å². The summed E-state index contributed by atoms with van der Waals surface area (Å²) in [4.78, 5) is 27.1. The van der Waals surface area contributed by atoms with Gasteiger partial charge in [-0.2, -0.15) is 13.2 Å². The number of piperazine rings is 1. The van der Waals surface area contributed by atoms with E-state index in [4.69, 9.17) is 5.11 Å². The van der Waals surface area contributed by atoms with Gasteiger partial charge in [-0.3, -0.25) is 4.79 Å². The Morgan fingerprint density at radius 3 is 2.59 bits per heavy atom. The zero-order valence-corrected chi connectivity index (χ0v) is 14.5. The molecule has 2 aromatic rings. The van der Waals surface area contributed by atoms with Crippen molar-refractivity contribution in [2.45, 2.75) is 26.1 Å². The number of aromatic carboxylic acids is 1. The number of nitrogens with zero attached hydrogens (tertiary/aromatic N) is 1. The Balaban J connectivity index is 2.43. The Morgan fingerprint density at radius 1 is 1.37 bits per heavy atom. The van der Waals surface area contributed by atoms with Crippen molar-refractivity contribution in [1.82, 2.24) is 10.3 Å². The third-order valence-corrected chi connectivity index (χ3v) is 4.68. The van der Waals surface area contributed by atoms with Gasteiger partial charge in [0.25, 0.3) is 0 Å². The van der Waals surface area contributed by atoms with Crippen LogP contribution in [0.3, 0.4) is 0 Å². The maximum Gasteiger partial charge on any atom is 0.420 e. The Morgan fingerprint density at radius 2 is 2.04 bits per heavy atom. The predicted octanol–water partition coefficient (Wildman–Crippen LogP) is 2.49. The number of aromatic nitrogens is 1. The van der Waals surface area contributed by atoms with Gasteiger partial charge in [-0.1, -0.05) is 0 Å². The fraction of sp³-hybridized carbons (Fsp3) is 0.412. The van der Waals surface area contributed by atoms with E-state index in [2.05, 4.69) is 10.3 Å². The van der Waals surface area contributed by atoms with Crippen molar-refractivity contribution < 1.29 is 27.5 Å². The Kier molecular flexibility index (Phi) is 4.62. The number of nitrogens with one attached hydrogen (secondary N) is 2. The molecule has 0 amide bonds. The maximum atomic E-state index is 15.1. The Bertz CT molecular complexity index is 984. The van der Waals surface area contributed by atoms with Crippen LogP contribution in [0.2, 0.25) is 0 Å². The lowest BCUT2D eigenvalue weighted by molar-refractivity contribution is -0.136. The largest absolute Gasteiger partial charge is 0.477 e. The molecule has 0 spiro atoms. The fourth-order valence-electron chi connectivity index (χ4n) is 3.47. The summed E-state index contributed by atoms with van der Waals surface area (Å²) >= 11 is 0. The van der Waals surface area contributed by atoms with Crippen LogP contribution >= 0.6 is 0 Å². The average Bonchev–Trinajstić information content (AvgIpc) is 2.56. The highest BCUT2D eigenvalue weighted by Crippen LogP contribution is 2.43. The number of anilines is 1. The van der Waals surface area contributed by atoms with E-state index in [1.165, 1.54) is 11.8 Å². The summed E-state index contributed by atoms with van der Waals surface area (Å²) in [5.74, 6) is -2.77. The van der Waals surface area contributed by atoms with Crippen LogP contribution in [0.4, 0.5) is 23.2 Å². The molecule has 3 rings (SSSR count). The number of hydrogen-bond donors (Lipinski definition) is 3. The quantitative estimate of drug-likeness (QED) is 0.690. The lowest BCUT2D eigenvalue weighted by Crippen LogP contribution is -2.50. The van der Waals surface area contributed by atoms with Gasteiger partial charge in [0.1, 0.15) is 11.1 Å². The minimum atomic E-state index is -4.95. The number of pyridine rings is 1. The van der Waals surface area contributed by atoms with E-state index in [1.807, 2.05) is 0 Å². The highest BCUT2D eigenvalue weighted by Gasteiger charge is 2.41. The smallest absolute Gasteiger partial charge is 0.420 e. The number of carbonyl (C=O) groups is 1. The fourth-order valence-corrected chi connectivity index (χ4v) is 3.47. The second kappa shape index (κ2) is 6.52. The van der Waals surface area contributed by atoms with Gasteiger partial charge in [0.2, 0.25) is 5.43 Å². The third-order valence-electron chi connectivity index (χ3n) is 4.68. The van der Waals surface area contributed by atoms with Crippen LogP contribution in [0, 0.1) is 12.7 Å². The molecule has 1 aliphatic heterocycles.